The Hall–Kier alpha value is -0.320. The van der Waals surface area contributed by atoms with Gasteiger partial charge in [0.15, 0.2) is 0 Å². The first-order valence-corrected chi connectivity index (χ1v) is 2.12. The van der Waals surface area contributed by atoms with Gasteiger partial charge in [0.05, 0.1) is 0 Å². The molecule has 10 heavy (non-hydrogen) atoms. The minimum atomic E-state index is -0.833. The van der Waals surface area contributed by atoms with E-state index in [-0.39, 0.29) is 31.0 Å². The van der Waals surface area contributed by atoms with Crippen molar-refractivity contribution in [3.05, 3.63) is 12.7 Å². The van der Waals surface area contributed by atoms with E-state index in [1.165, 1.54) is 0 Å². The van der Waals surface area contributed by atoms with E-state index in [1.807, 2.05) is 0 Å². The SMILES string of the molecule is C=CC(N)=O.CC(=O)O.[H-].[Na+]. The molecule has 0 spiro atoms. The normalized spacial score (nSPS) is 5.70. The molecule has 0 aliphatic heterocycles. The molecular weight excluding hydrogens is 145 g/mol. The van der Waals surface area contributed by atoms with Crippen LogP contribution in [-0.4, -0.2) is 17.0 Å². The van der Waals surface area contributed by atoms with Crippen LogP contribution in [0, 0.1) is 0 Å². The zero-order valence-electron chi connectivity index (χ0n) is 7.13. The minimum absolute atomic E-state index is 0. The van der Waals surface area contributed by atoms with E-state index < -0.39 is 11.9 Å². The van der Waals surface area contributed by atoms with Crippen molar-refractivity contribution >= 4 is 11.9 Å². The van der Waals surface area contributed by atoms with Crippen LogP contribution in [0.25, 0.3) is 0 Å². The molecule has 0 heterocycles. The quantitative estimate of drug-likeness (QED) is 0.310. The van der Waals surface area contributed by atoms with Crippen molar-refractivity contribution in [1.82, 2.24) is 0 Å². The van der Waals surface area contributed by atoms with Gasteiger partial charge in [-0.1, -0.05) is 6.58 Å². The Kier molecular flexibility index (Phi) is 18.8. The van der Waals surface area contributed by atoms with E-state index in [0.29, 0.717) is 0 Å². The van der Waals surface area contributed by atoms with Gasteiger partial charge in [-0.25, -0.2) is 0 Å². The fourth-order valence-electron chi connectivity index (χ4n) is 0. The largest absolute Gasteiger partial charge is 1.00 e. The van der Waals surface area contributed by atoms with Crippen LogP contribution in [0.15, 0.2) is 12.7 Å². The van der Waals surface area contributed by atoms with Crippen LogP contribution < -0.4 is 35.3 Å². The van der Waals surface area contributed by atoms with Crippen molar-refractivity contribution in [2.24, 2.45) is 5.73 Å². The van der Waals surface area contributed by atoms with Crippen LogP contribution in [0.4, 0.5) is 0 Å². The maximum absolute atomic E-state index is 9.47. The first-order valence-electron chi connectivity index (χ1n) is 2.12. The maximum Gasteiger partial charge on any atom is 1.00 e. The van der Waals surface area contributed by atoms with Crippen LogP contribution in [0.3, 0.4) is 0 Å². The number of amides is 1. The molecule has 0 bridgehead atoms. The zero-order valence-corrected chi connectivity index (χ0v) is 8.13. The maximum atomic E-state index is 9.47. The number of hydrogen-bond donors (Lipinski definition) is 2. The molecule has 5 heteroatoms. The molecule has 0 atom stereocenters. The summed E-state index contributed by atoms with van der Waals surface area (Å²) in [5.74, 6) is -1.31. The molecule has 0 aliphatic carbocycles. The van der Waals surface area contributed by atoms with Crippen LogP contribution in [-0.2, 0) is 9.59 Å². The second kappa shape index (κ2) is 11.5. The van der Waals surface area contributed by atoms with Crippen molar-refractivity contribution < 1.29 is 45.7 Å². The van der Waals surface area contributed by atoms with Gasteiger partial charge in [0.1, 0.15) is 0 Å². The number of carboxylic acids is 1. The molecule has 0 unspecified atom stereocenters. The van der Waals surface area contributed by atoms with E-state index in [2.05, 4.69) is 12.3 Å². The molecule has 0 fully saturated rings. The summed E-state index contributed by atoms with van der Waals surface area (Å²) >= 11 is 0. The summed E-state index contributed by atoms with van der Waals surface area (Å²) in [5.41, 5.74) is 4.53. The number of carbonyl (C=O) groups excluding carboxylic acids is 1. The molecule has 54 valence electrons. The molecule has 0 radical (unpaired) electrons. The van der Waals surface area contributed by atoms with Crippen molar-refractivity contribution in [2.45, 2.75) is 6.92 Å². The number of hydrogen-bond acceptors (Lipinski definition) is 2. The van der Waals surface area contributed by atoms with E-state index in [1.54, 1.807) is 0 Å². The Bertz CT molecular complexity index is 125. The van der Waals surface area contributed by atoms with Gasteiger partial charge in [0.2, 0.25) is 5.91 Å². The summed E-state index contributed by atoms with van der Waals surface area (Å²) in [5, 5.41) is 7.42. The van der Waals surface area contributed by atoms with Crippen LogP contribution in [0.2, 0.25) is 0 Å². The van der Waals surface area contributed by atoms with Crippen molar-refractivity contribution in [3.63, 3.8) is 0 Å². The summed E-state index contributed by atoms with van der Waals surface area (Å²) in [6.45, 7) is 4.17. The number of carbonyl (C=O) groups is 2. The summed E-state index contributed by atoms with van der Waals surface area (Å²) in [7, 11) is 0. The topological polar surface area (TPSA) is 80.4 Å². The molecule has 0 aromatic rings. The summed E-state index contributed by atoms with van der Waals surface area (Å²) in [6, 6.07) is 0. The van der Waals surface area contributed by atoms with Gasteiger partial charge >= 0.3 is 29.6 Å². The number of rotatable bonds is 1. The van der Waals surface area contributed by atoms with Gasteiger partial charge in [-0.3, -0.25) is 9.59 Å². The zero-order chi connectivity index (χ0) is 7.86. The second-order valence-corrected chi connectivity index (χ2v) is 1.13. The average Bonchev–Trinajstić information content (AvgIpc) is 1.65. The van der Waals surface area contributed by atoms with Crippen molar-refractivity contribution in [3.8, 4) is 0 Å². The number of carboxylic acid groups (broad SMARTS) is 1. The van der Waals surface area contributed by atoms with Gasteiger partial charge in [-0.2, -0.15) is 0 Å². The smallest absolute Gasteiger partial charge is 1.00 e. The Morgan fingerprint density at radius 3 is 1.80 bits per heavy atom. The molecule has 4 nitrogen and oxygen atoms in total. The predicted molar refractivity (Wildman–Crippen MR) is 33.8 cm³/mol. The molecule has 3 N–H and O–H groups in total. The van der Waals surface area contributed by atoms with Crippen LogP contribution in [0.5, 0.6) is 0 Å². The molecule has 0 saturated carbocycles. The molecule has 0 saturated heterocycles. The standard InChI is InChI=1S/C3H5NO.C2H4O2.Na.H/c1-2-3(4)5;1-2(3)4;;/h2H,1H2,(H2,4,5);1H3,(H,3,4);;/q;;+1;-1. The monoisotopic (exact) mass is 155 g/mol. The van der Waals surface area contributed by atoms with E-state index in [4.69, 9.17) is 9.90 Å². The van der Waals surface area contributed by atoms with E-state index >= 15 is 0 Å². The number of nitrogens with two attached hydrogens (primary N) is 1. The molecule has 0 rings (SSSR count). The molecule has 0 aliphatic rings. The molecular formula is C5H10NNaO3. The van der Waals surface area contributed by atoms with Gasteiger partial charge in [-0.15, -0.1) is 0 Å². The van der Waals surface area contributed by atoms with E-state index in [0.717, 1.165) is 13.0 Å². The van der Waals surface area contributed by atoms with Gasteiger partial charge in [0, 0.05) is 6.92 Å². The predicted octanol–water partition coefficient (Wildman–Crippen LogP) is -3.13. The first kappa shape index (κ1) is 16.3. The molecule has 1 amide bonds. The van der Waals surface area contributed by atoms with Gasteiger partial charge < -0.3 is 12.3 Å². The Balaban J connectivity index is -0.0000000383. The van der Waals surface area contributed by atoms with Crippen molar-refractivity contribution in [2.75, 3.05) is 0 Å². The molecule has 0 aromatic heterocycles. The summed E-state index contributed by atoms with van der Waals surface area (Å²) < 4.78 is 0. The van der Waals surface area contributed by atoms with Gasteiger partial charge in [-0.05, 0) is 6.08 Å². The fraction of sp³-hybridized carbons (Fsp3) is 0.200. The van der Waals surface area contributed by atoms with Crippen LogP contribution in [0.1, 0.15) is 8.35 Å². The average molecular weight is 155 g/mol. The fourth-order valence-corrected chi connectivity index (χ4v) is 0. The van der Waals surface area contributed by atoms with E-state index in [9.17, 15) is 4.79 Å². The summed E-state index contributed by atoms with van der Waals surface area (Å²) in [6.07, 6.45) is 1.06. The van der Waals surface area contributed by atoms with Crippen molar-refractivity contribution in [1.29, 1.82) is 0 Å². The molecule has 0 aromatic carbocycles. The van der Waals surface area contributed by atoms with Crippen LogP contribution >= 0.6 is 0 Å². The summed E-state index contributed by atoms with van der Waals surface area (Å²) in [4.78, 5) is 18.5. The number of primary amides is 1. The Morgan fingerprint density at radius 1 is 1.70 bits per heavy atom. The third kappa shape index (κ3) is 121. The third-order valence-electron chi connectivity index (χ3n) is 0.201. The minimum Gasteiger partial charge on any atom is -1.00 e. The second-order valence-electron chi connectivity index (χ2n) is 1.13. The van der Waals surface area contributed by atoms with Gasteiger partial charge in [0.25, 0.3) is 5.97 Å². The third-order valence-corrected chi connectivity index (χ3v) is 0.201. The Labute approximate surface area is 82.9 Å². The first-order chi connectivity index (χ1) is 4.00. The number of aliphatic carboxylic acids is 1. The Morgan fingerprint density at radius 2 is 1.80 bits per heavy atom.